The molecule has 1 saturated heterocycles. The smallest absolute Gasteiger partial charge is 0.408 e. The topological polar surface area (TPSA) is 125 Å². The Bertz CT molecular complexity index is 623. The number of H-pyrrole nitrogens is 1. The van der Waals surface area contributed by atoms with Gasteiger partial charge < -0.3 is 25.0 Å². The Morgan fingerprint density at radius 3 is 2.76 bits per heavy atom. The third-order valence-corrected chi connectivity index (χ3v) is 3.79. The number of likely N-dealkylation sites (tertiary alicyclic amines) is 1. The summed E-state index contributed by atoms with van der Waals surface area (Å²) in [5, 5.41) is 11.8. The van der Waals surface area contributed by atoms with Crippen molar-refractivity contribution in [2.75, 3.05) is 6.54 Å². The fraction of sp³-hybridized carbons (Fsp3) is 0.625. The van der Waals surface area contributed by atoms with Crippen molar-refractivity contribution in [2.24, 2.45) is 0 Å². The maximum Gasteiger partial charge on any atom is 0.408 e. The molecule has 0 spiro atoms. The maximum absolute atomic E-state index is 12.8. The average molecular weight is 352 g/mol. The molecule has 1 aliphatic rings. The van der Waals surface area contributed by atoms with Gasteiger partial charge >= 0.3 is 12.1 Å². The Kier molecular flexibility index (Phi) is 5.66. The lowest BCUT2D eigenvalue weighted by Gasteiger charge is -2.28. The highest BCUT2D eigenvalue weighted by Crippen LogP contribution is 2.19. The largest absolute Gasteiger partial charge is 0.480 e. The predicted octanol–water partition coefficient (Wildman–Crippen LogP) is 0.921. The maximum atomic E-state index is 12.8. The van der Waals surface area contributed by atoms with Crippen LogP contribution in [0.15, 0.2) is 12.5 Å². The van der Waals surface area contributed by atoms with Crippen LogP contribution in [0.3, 0.4) is 0 Å². The zero-order valence-corrected chi connectivity index (χ0v) is 14.6. The molecule has 2 amide bonds. The van der Waals surface area contributed by atoms with E-state index in [9.17, 15) is 19.5 Å². The number of amides is 2. The van der Waals surface area contributed by atoms with Crippen LogP contribution < -0.4 is 5.32 Å². The van der Waals surface area contributed by atoms with Crippen LogP contribution in [-0.2, 0) is 20.7 Å². The second-order valence-corrected chi connectivity index (χ2v) is 7.01. The van der Waals surface area contributed by atoms with Crippen LogP contribution >= 0.6 is 0 Å². The molecule has 0 bridgehead atoms. The van der Waals surface area contributed by atoms with Gasteiger partial charge in [0.1, 0.15) is 17.7 Å². The third kappa shape index (κ3) is 5.20. The first-order valence-electron chi connectivity index (χ1n) is 8.17. The van der Waals surface area contributed by atoms with Gasteiger partial charge in [0.05, 0.1) is 6.33 Å². The van der Waals surface area contributed by atoms with Crippen LogP contribution in [-0.4, -0.2) is 62.2 Å². The Morgan fingerprint density at radius 2 is 2.20 bits per heavy atom. The number of aliphatic carboxylic acids is 1. The minimum absolute atomic E-state index is 0.168. The first-order valence-corrected chi connectivity index (χ1v) is 8.17. The van der Waals surface area contributed by atoms with E-state index in [-0.39, 0.29) is 6.42 Å². The van der Waals surface area contributed by atoms with Crippen molar-refractivity contribution in [3.05, 3.63) is 18.2 Å². The van der Waals surface area contributed by atoms with Crippen molar-refractivity contribution in [3.63, 3.8) is 0 Å². The van der Waals surface area contributed by atoms with E-state index in [0.29, 0.717) is 25.1 Å². The number of carbonyl (C=O) groups is 3. The van der Waals surface area contributed by atoms with Gasteiger partial charge in [-0.15, -0.1) is 0 Å². The molecule has 0 unspecified atom stereocenters. The third-order valence-electron chi connectivity index (χ3n) is 3.79. The number of aromatic nitrogens is 2. The molecular weight excluding hydrogens is 328 g/mol. The van der Waals surface area contributed by atoms with Gasteiger partial charge in [-0.3, -0.25) is 4.79 Å². The summed E-state index contributed by atoms with van der Waals surface area (Å²) in [6.45, 7) is 5.52. The minimum Gasteiger partial charge on any atom is -0.480 e. The highest BCUT2D eigenvalue weighted by atomic mass is 16.6. The Labute approximate surface area is 145 Å². The van der Waals surface area contributed by atoms with Crippen LogP contribution in [0.2, 0.25) is 0 Å². The van der Waals surface area contributed by atoms with E-state index in [4.69, 9.17) is 4.74 Å². The summed E-state index contributed by atoms with van der Waals surface area (Å²) < 4.78 is 5.21. The number of carboxylic acid groups (broad SMARTS) is 1. The van der Waals surface area contributed by atoms with Gasteiger partial charge in [0.2, 0.25) is 5.91 Å². The molecular formula is C16H24N4O5. The van der Waals surface area contributed by atoms with Crippen molar-refractivity contribution in [1.82, 2.24) is 20.2 Å². The molecule has 1 aliphatic heterocycles. The molecule has 25 heavy (non-hydrogen) atoms. The number of hydrogen-bond donors (Lipinski definition) is 3. The van der Waals surface area contributed by atoms with Gasteiger partial charge in [-0.25, -0.2) is 14.6 Å². The molecule has 2 atom stereocenters. The van der Waals surface area contributed by atoms with Crippen LogP contribution in [0.25, 0.3) is 0 Å². The zero-order valence-electron chi connectivity index (χ0n) is 14.6. The molecule has 1 aromatic heterocycles. The number of alkyl carbamates (subject to hydrolysis) is 1. The van der Waals surface area contributed by atoms with Crippen LogP contribution in [0.1, 0.15) is 39.3 Å². The number of ether oxygens (including phenoxy) is 1. The van der Waals surface area contributed by atoms with Gasteiger partial charge in [-0.2, -0.15) is 0 Å². The van der Waals surface area contributed by atoms with Gasteiger partial charge in [0.15, 0.2) is 0 Å². The quantitative estimate of drug-likeness (QED) is 0.724. The highest BCUT2D eigenvalue weighted by molar-refractivity contribution is 5.90. The molecule has 1 fully saturated rings. The van der Waals surface area contributed by atoms with Gasteiger partial charge in [-0.05, 0) is 33.6 Å². The summed E-state index contributed by atoms with van der Waals surface area (Å²) in [7, 11) is 0. The molecule has 0 radical (unpaired) electrons. The van der Waals surface area contributed by atoms with Gasteiger partial charge in [0.25, 0.3) is 0 Å². The number of carbonyl (C=O) groups excluding carboxylic acids is 2. The number of nitrogens with one attached hydrogen (secondary N) is 2. The monoisotopic (exact) mass is 352 g/mol. The SMILES string of the molecule is CC(C)(C)OC(=O)N[C@@H](Cc1cnc[nH]1)C(=O)N1CCC[C@H]1C(=O)O. The van der Waals surface area contributed by atoms with E-state index < -0.39 is 35.7 Å². The van der Waals surface area contributed by atoms with Gasteiger partial charge in [-0.1, -0.05) is 0 Å². The van der Waals surface area contributed by atoms with Crippen molar-refractivity contribution < 1.29 is 24.2 Å². The molecule has 0 aromatic carbocycles. The zero-order chi connectivity index (χ0) is 18.6. The van der Waals surface area contributed by atoms with E-state index in [0.717, 1.165) is 0 Å². The first-order chi connectivity index (χ1) is 11.7. The van der Waals surface area contributed by atoms with Crippen LogP contribution in [0.5, 0.6) is 0 Å². The minimum atomic E-state index is -1.04. The first kappa shape index (κ1) is 18.8. The van der Waals surface area contributed by atoms with E-state index in [2.05, 4.69) is 15.3 Å². The number of nitrogens with zero attached hydrogens (tertiary/aromatic N) is 2. The lowest BCUT2D eigenvalue weighted by molar-refractivity contribution is -0.149. The Morgan fingerprint density at radius 1 is 1.48 bits per heavy atom. The summed E-state index contributed by atoms with van der Waals surface area (Å²) >= 11 is 0. The van der Waals surface area contributed by atoms with Crippen molar-refractivity contribution in [1.29, 1.82) is 0 Å². The van der Waals surface area contributed by atoms with Crippen LogP contribution in [0.4, 0.5) is 4.79 Å². The molecule has 9 heteroatoms. The van der Waals surface area contributed by atoms with E-state index in [1.165, 1.54) is 11.2 Å². The molecule has 3 N–H and O–H groups in total. The lowest BCUT2D eigenvalue weighted by Crippen LogP contribution is -2.53. The molecule has 2 heterocycles. The number of aromatic amines is 1. The summed E-state index contributed by atoms with van der Waals surface area (Å²) in [6, 6.07) is -1.80. The van der Waals surface area contributed by atoms with E-state index >= 15 is 0 Å². The fourth-order valence-corrected chi connectivity index (χ4v) is 2.75. The summed E-state index contributed by atoms with van der Waals surface area (Å²) in [5.41, 5.74) is -0.0522. The molecule has 0 saturated carbocycles. The predicted molar refractivity (Wildman–Crippen MR) is 87.8 cm³/mol. The lowest BCUT2D eigenvalue weighted by atomic mass is 10.1. The summed E-state index contributed by atoms with van der Waals surface area (Å²) in [4.78, 5) is 44.4. The van der Waals surface area contributed by atoms with E-state index in [1.54, 1.807) is 27.0 Å². The summed E-state index contributed by atoms with van der Waals surface area (Å²) in [5.74, 6) is -1.48. The Balaban J connectivity index is 2.14. The number of imidazole rings is 1. The molecule has 138 valence electrons. The number of hydrogen-bond acceptors (Lipinski definition) is 5. The van der Waals surface area contributed by atoms with Crippen molar-refractivity contribution in [3.8, 4) is 0 Å². The van der Waals surface area contributed by atoms with Crippen molar-refractivity contribution >= 4 is 18.0 Å². The molecule has 2 rings (SSSR count). The van der Waals surface area contributed by atoms with Crippen molar-refractivity contribution in [2.45, 2.75) is 57.7 Å². The normalized spacial score (nSPS) is 18.7. The average Bonchev–Trinajstić information content (AvgIpc) is 3.14. The Hall–Kier alpha value is -2.58. The second kappa shape index (κ2) is 7.54. The number of rotatable bonds is 5. The van der Waals surface area contributed by atoms with E-state index in [1.807, 2.05) is 0 Å². The molecule has 1 aromatic rings. The second-order valence-electron chi connectivity index (χ2n) is 7.01. The number of carboxylic acids is 1. The summed E-state index contributed by atoms with van der Waals surface area (Å²) in [6.07, 6.45) is 3.49. The molecule has 0 aliphatic carbocycles. The standard InChI is InChI=1S/C16H24N4O5/c1-16(2,3)25-15(24)19-11(7-10-8-17-9-18-10)13(21)20-6-4-5-12(20)14(22)23/h8-9,11-12H,4-7H2,1-3H3,(H,17,18)(H,19,24)(H,22,23)/t11-,12-/m0/s1. The van der Waals surface area contributed by atoms with Crippen LogP contribution in [0, 0.1) is 0 Å². The fourth-order valence-electron chi connectivity index (χ4n) is 2.75. The van der Waals surface area contributed by atoms with Gasteiger partial charge in [0, 0.05) is 24.9 Å². The highest BCUT2D eigenvalue weighted by Gasteiger charge is 2.38. The molecule has 9 nitrogen and oxygen atoms in total.